The number of benzene rings is 2. The lowest BCUT2D eigenvalue weighted by atomic mass is 9.94. The van der Waals surface area contributed by atoms with E-state index in [9.17, 15) is 9.59 Å². The third-order valence-corrected chi connectivity index (χ3v) is 6.85. The Kier molecular flexibility index (Phi) is 8.48. The molecule has 4 rings (SSSR count). The lowest BCUT2D eigenvalue weighted by Gasteiger charge is -2.34. The van der Waals surface area contributed by atoms with Crippen LogP contribution in [0.25, 0.3) is 0 Å². The third-order valence-electron chi connectivity index (χ3n) is 6.48. The number of nitrogens with one attached hydrogen (secondary N) is 1. The van der Waals surface area contributed by atoms with Gasteiger partial charge in [0.25, 0.3) is 0 Å². The van der Waals surface area contributed by atoms with Crippen molar-refractivity contribution in [3.05, 3.63) is 88.7 Å². The number of ether oxygens (including phenoxy) is 1. The van der Waals surface area contributed by atoms with Crippen LogP contribution >= 0.6 is 11.6 Å². The van der Waals surface area contributed by atoms with Crippen LogP contribution in [0.15, 0.2) is 66.9 Å². The monoisotopic (exact) mass is 493 g/mol. The summed E-state index contributed by atoms with van der Waals surface area (Å²) in [5.74, 6) is -0.367. The highest BCUT2D eigenvalue weighted by Crippen LogP contribution is 2.26. The molecule has 0 aliphatic heterocycles. The van der Waals surface area contributed by atoms with Crippen LogP contribution in [0.3, 0.4) is 0 Å². The van der Waals surface area contributed by atoms with Crippen LogP contribution in [0.1, 0.15) is 60.6 Å². The van der Waals surface area contributed by atoms with Gasteiger partial charge < -0.3 is 19.5 Å². The van der Waals surface area contributed by atoms with Gasteiger partial charge in [0.15, 0.2) is 0 Å². The fourth-order valence-electron chi connectivity index (χ4n) is 4.59. The van der Waals surface area contributed by atoms with Crippen molar-refractivity contribution in [1.82, 2.24) is 9.47 Å². The molecule has 2 amide bonds. The van der Waals surface area contributed by atoms with E-state index in [0.29, 0.717) is 30.9 Å². The summed E-state index contributed by atoms with van der Waals surface area (Å²) in [6, 6.07) is 18.8. The second-order valence-corrected chi connectivity index (χ2v) is 9.27. The summed E-state index contributed by atoms with van der Waals surface area (Å²) in [6.45, 7) is 3.26. The van der Waals surface area contributed by atoms with Gasteiger partial charge in [-0.05, 0) is 67.8 Å². The summed E-state index contributed by atoms with van der Waals surface area (Å²) in [5.41, 5.74) is 3.21. The van der Waals surface area contributed by atoms with Crippen LogP contribution in [0.4, 0.5) is 10.5 Å². The Balaban J connectivity index is 1.50. The second kappa shape index (κ2) is 11.9. The molecule has 1 aromatic heterocycles. The minimum Gasteiger partial charge on any atom is -0.462 e. The molecule has 35 heavy (non-hydrogen) atoms. The number of anilines is 1. The van der Waals surface area contributed by atoms with Crippen molar-refractivity contribution in [2.75, 3.05) is 11.9 Å². The molecule has 1 heterocycles. The zero-order chi connectivity index (χ0) is 24.6. The van der Waals surface area contributed by atoms with Crippen LogP contribution in [0, 0.1) is 0 Å². The Labute approximate surface area is 211 Å². The van der Waals surface area contributed by atoms with E-state index < -0.39 is 0 Å². The number of halogens is 1. The highest BCUT2D eigenvalue weighted by molar-refractivity contribution is 6.31. The third kappa shape index (κ3) is 6.45. The summed E-state index contributed by atoms with van der Waals surface area (Å²) in [6.07, 6.45) is 7.50. The molecular weight excluding hydrogens is 462 g/mol. The SMILES string of the molecule is CCOC(=O)c1ccc(NC(=O)N(Cc2cccn2Cc2ccccc2Cl)C2CCCCC2)cc1. The van der Waals surface area contributed by atoms with E-state index in [1.54, 1.807) is 31.2 Å². The molecule has 0 unspecified atom stereocenters. The van der Waals surface area contributed by atoms with E-state index in [1.807, 2.05) is 41.4 Å². The minimum absolute atomic E-state index is 0.133. The normalized spacial score (nSPS) is 13.9. The smallest absolute Gasteiger partial charge is 0.338 e. The molecule has 0 bridgehead atoms. The molecule has 1 N–H and O–H groups in total. The maximum atomic E-state index is 13.5. The number of carbonyl (C=O) groups is 2. The standard InChI is InChI=1S/C28H32ClN3O3/c1-2-35-27(33)21-14-16-23(17-15-21)30-28(34)32(24-10-4-3-5-11-24)20-25-12-8-18-31(25)19-22-9-6-7-13-26(22)29/h6-9,12-18,24H,2-5,10-11,19-20H2,1H3,(H,30,34). The molecule has 0 atom stereocenters. The van der Waals surface area contributed by atoms with Crippen LogP contribution in [0.2, 0.25) is 5.02 Å². The molecule has 1 fully saturated rings. The number of urea groups is 1. The van der Waals surface area contributed by atoms with Gasteiger partial charge in [-0.25, -0.2) is 9.59 Å². The summed E-state index contributed by atoms with van der Waals surface area (Å²) >= 11 is 6.39. The van der Waals surface area contributed by atoms with Gasteiger partial charge >= 0.3 is 12.0 Å². The summed E-state index contributed by atoms with van der Waals surface area (Å²) in [4.78, 5) is 27.4. The number of carbonyl (C=O) groups excluding carboxylic acids is 2. The lowest BCUT2D eigenvalue weighted by molar-refractivity contribution is 0.0526. The molecule has 1 aliphatic carbocycles. The van der Waals surface area contributed by atoms with E-state index in [2.05, 4.69) is 16.0 Å². The van der Waals surface area contributed by atoms with Gasteiger partial charge in [-0.15, -0.1) is 0 Å². The van der Waals surface area contributed by atoms with Crippen molar-refractivity contribution >= 4 is 29.3 Å². The fourth-order valence-corrected chi connectivity index (χ4v) is 4.79. The second-order valence-electron chi connectivity index (χ2n) is 8.87. The van der Waals surface area contributed by atoms with Gasteiger partial charge in [-0.3, -0.25) is 0 Å². The van der Waals surface area contributed by atoms with Gasteiger partial charge in [0.2, 0.25) is 0 Å². The number of hydrogen-bond acceptors (Lipinski definition) is 3. The average Bonchev–Trinajstić information content (AvgIpc) is 3.31. The zero-order valence-electron chi connectivity index (χ0n) is 20.1. The Bertz CT molecular complexity index is 1140. The van der Waals surface area contributed by atoms with Crippen LogP contribution in [0.5, 0.6) is 0 Å². The molecular formula is C28H32ClN3O3. The Morgan fingerprint density at radius 2 is 1.77 bits per heavy atom. The first-order chi connectivity index (χ1) is 17.0. The number of rotatable bonds is 8. The van der Waals surface area contributed by atoms with E-state index in [1.165, 1.54) is 6.42 Å². The number of amides is 2. The predicted molar refractivity (Wildman–Crippen MR) is 139 cm³/mol. The minimum atomic E-state index is -0.367. The molecule has 0 saturated heterocycles. The first kappa shape index (κ1) is 24.9. The molecule has 3 aromatic rings. The first-order valence-corrected chi connectivity index (χ1v) is 12.6. The molecule has 6 nitrogen and oxygen atoms in total. The van der Waals surface area contributed by atoms with E-state index in [4.69, 9.17) is 16.3 Å². The van der Waals surface area contributed by atoms with Crippen LogP contribution < -0.4 is 5.32 Å². The van der Waals surface area contributed by atoms with Gasteiger partial charge in [-0.2, -0.15) is 0 Å². The van der Waals surface area contributed by atoms with Crippen LogP contribution in [-0.2, 0) is 17.8 Å². The van der Waals surface area contributed by atoms with Gasteiger partial charge in [-0.1, -0.05) is 49.1 Å². The van der Waals surface area contributed by atoms with E-state index in [-0.39, 0.29) is 18.0 Å². The molecule has 7 heteroatoms. The number of hydrogen-bond donors (Lipinski definition) is 1. The Hall–Kier alpha value is -3.25. The number of nitrogens with zero attached hydrogens (tertiary/aromatic N) is 2. The average molecular weight is 494 g/mol. The molecule has 0 spiro atoms. The number of aromatic nitrogens is 1. The van der Waals surface area contributed by atoms with Crippen molar-refractivity contribution in [3.8, 4) is 0 Å². The highest BCUT2D eigenvalue weighted by atomic mass is 35.5. The Morgan fingerprint density at radius 1 is 1.03 bits per heavy atom. The maximum absolute atomic E-state index is 13.5. The molecule has 1 saturated carbocycles. The van der Waals surface area contributed by atoms with Gasteiger partial charge in [0.05, 0.1) is 18.7 Å². The van der Waals surface area contributed by atoms with Crippen molar-refractivity contribution < 1.29 is 14.3 Å². The molecule has 184 valence electrons. The van der Waals surface area contributed by atoms with E-state index in [0.717, 1.165) is 42.0 Å². The fraction of sp³-hybridized carbons (Fsp3) is 0.357. The van der Waals surface area contributed by atoms with Crippen molar-refractivity contribution in [2.45, 2.75) is 58.2 Å². The largest absolute Gasteiger partial charge is 0.462 e. The molecule has 1 aliphatic rings. The van der Waals surface area contributed by atoms with Crippen molar-refractivity contribution in [3.63, 3.8) is 0 Å². The van der Waals surface area contributed by atoms with Crippen LogP contribution in [-0.4, -0.2) is 34.1 Å². The summed E-state index contributed by atoms with van der Waals surface area (Å²) < 4.78 is 7.19. The van der Waals surface area contributed by atoms with E-state index >= 15 is 0 Å². The summed E-state index contributed by atoms with van der Waals surface area (Å²) in [7, 11) is 0. The first-order valence-electron chi connectivity index (χ1n) is 12.3. The summed E-state index contributed by atoms with van der Waals surface area (Å²) in [5, 5.41) is 3.77. The quantitative estimate of drug-likeness (QED) is 0.354. The topological polar surface area (TPSA) is 63.6 Å². The zero-order valence-corrected chi connectivity index (χ0v) is 20.8. The molecule has 2 aromatic carbocycles. The maximum Gasteiger partial charge on any atom is 0.338 e. The van der Waals surface area contributed by atoms with Crippen molar-refractivity contribution in [2.24, 2.45) is 0 Å². The Morgan fingerprint density at radius 3 is 2.49 bits per heavy atom. The van der Waals surface area contributed by atoms with Crippen molar-refractivity contribution in [1.29, 1.82) is 0 Å². The highest BCUT2D eigenvalue weighted by Gasteiger charge is 2.26. The predicted octanol–water partition coefficient (Wildman–Crippen LogP) is 6.73. The van der Waals surface area contributed by atoms with Gasteiger partial charge in [0.1, 0.15) is 0 Å². The number of esters is 1. The van der Waals surface area contributed by atoms with Gasteiger partial charge in [0, 0.05) is 35.2 Å². The lowest BCUT2D eigenvalue weighted by Crippen LogP contribution is -2.43. The molecule has 0 radical (unpaired) electrons.